The highest BCUT2D eigenvalue weighted by Crippen LogP contribution is 2.68. The lowest BCUT2D eigenvalue weighted by Gasteiger charge is -2.62. The van der Waals surface area contributed by atoms with Crippen LogP contribution < -0.4 is 0 Å². The van der Waals surface area contributed by atoms with Crippen LogP contribution in [0.2, 0.25) is 0 Å². The summed E-state index contributed by atoms with van der Waals surface area (Å²) in [5.74, 6) is -2.97. The van der Waals surface area contributed by atoms with Crippen LogP contribution in [0.4, 0.5) is 0 Å². The van der Waals surface area contributed by atoms with Crippen LogP contribution in [0.15, 0.2) is 0 Å². The van der Waals surface area contributed by atoms with E-state index in [0.29, 0.717) is 49.4 Å². The number of esters is 1. The lowest BCUT2D eigenvalue weighted by Crippen LogP contribution is -2.58. The van der Waals surface area contributed by atoms with Gasteiger partial charge in [0.2, 0.25) is 0 Å². The molecule has 12 heteroatoms. The number of rotatable bonds is 14. The number of aliphatic hydroxyl groups excluding tert-OH is 1. The fraction of sp³-hybridized carbons (Fsp3) is 0.879. The van der Waals surface area contributed by atoms with Crippen LogP contribution in [-0.2, 0) is 23.9 Å². The van der Waals surface area contributed by atoms with Gasteiger partial charge in [-0.05, 0) is 111 Å². The zero-order valence-electron chi connectivity index (χ0n) is 27.0. The number of fused-ring (bicyclic) bond motifs is 5. The molecule has 45 heavy (non-hydrogen) atoms. The van der Waals surface area contributed by atoms with E-state index in [1.54, 1.807) is 0 Å². The Morgan fingerprint density at radius 2 is 1.47 bits per heavy atom. The minimum Gasteiger partial charge on any atom is -0.481 e. The van der Waals surface area contributed by atoms with Gasteiger partial charge < -0.3 is 25.2 Å². The van der Waals surface area contributed by atoms with Crippen molar-refractivity contribution in [3.05, 3.63) is 0 Å². The van der Waals surface area contributed by atoms with Gasteiger partial charge in [0.25, 0.3) is 7.72 Å². The summed E-state index contributed by atoms with van der Waals surface area (Å²) in [6.07, 6.45) is 5.62. The number of hydrogen-bond acceptors (Lipinski definition) is 8. The average Bonchev–Trinajstić information content (AvgIpc) is 3.30. The van der Waals surface area contributed by atoms with E-state index in [1.807, 2.05) is 0 Å². The Bertz CT molecular complexity index is 1110. The van der Waals surface area contributed by atoms with E-state index < -0.39 is 56.2 Å². The SMILES string of the molecule is C[C@H](CCC(=O)O)C1CCC2C3C(CC[C@@]21C)[C@@]1(C)CC[C@@H](OC(=O)CC[P+](O)(O)CC(CCC(=O)O)C(=O)O)C[C@H]1C[C@@H]3O. The Morgan fingerprint density at radius 1 is 0.844 bits per heavy atom. The Kier molecular flexibility index (Phi) is 11.3. The molecule has 0 heterocycles. The smallest absolute Gasteiger partial charge is 0.310 e. The summed E-state index contributed by atoms with van der Waals surface area (Å²) in [6.45, 7) is 6.93. The molecular weight excluding hydrogens is 603 g/mol. The van der Waals surface area contributed by atoms with Crippen molar-refractivity contribution < 1.29 is 54.1 Å². The number of carbonyl (C=O) groups is 4. The molecule has 0 aliphatic heterocycles. The van der Waals surface area contributed by atoms with Crippen molar-refractivity contribution in [1.82, 2.24) is 0 Å². The highest BCUT2D eigenvalue weighted by Gasteiger charge is 2.63. The van der Waals surface area contributed by atoms with E-state index in [4.69, 9.17) is 9.84 Å². The van der Waals surface area contributed by atoms with Gasteiger partial charge >= 0.3 is 23.9 Å². The van der Waals surface area contributed by atoms with Crippen molar-refractivity contribution in [1.29, 1.82) is 0 Å². The maximum absolute atomic E-state index is 12.8. The summed E-state index contributed by atoms with van der Waals surface area (Å²) in [6, 6.07) is 0. The second-order valence-electron chi connectivity index (χ2n) is 15.3. The fourth-order valence-corrected chi connectivity index (χ4v) is 12.1. The van der Waals surface area contributed by atoms with Gasteiger partial charge in [-0.1, -0.05) is 20.8 Å². The minimum atomic E-state index is -3.75. The van der Waals surface area contributed by atoms with Crippen LogP contribution in [0.3, 0.4) is 0 Å². The third-order valence-corrected chi connectivity index (χ3v) is 14.7. The molecule has 0 bridgehead atoms. The molecule has 0 aromatic carbocycles. The molecule has 4 aliphatic rings. The predicted molar refractivity (Wildman–Crippen MR) is 166 cm³/mol. The molecule has 6 N–H and O–H groups in total. The molecule has 0 amide bonds. The normalized spacial score (nSPS) is 37.4. The summed E-state index contributed by atoms with van der Waals surface area (Å²) >= 11 is 0. The largest absolute Gasteiger partial charge is 0.481 e. The van der Waals surface area contributed by atoms with E-state index in [9.17, 15) is 44.3 Å². The number of carboxylic acid groups (broad SMARTS) is 3. The molecule has 4 fully saturated rings. The first kappa shape index (κ1) is 36.0. The van der Waals surface area contributed by atoms with Gasteiger partial charge in [0.05, 0.1) is 18.4 Å². The van der Waals surface area contributed by atoms with Crippen molar-refractivity contribution in [3.63, 3.8) is 0 Å². The summed E-state index contributed by atoms with van der Waals surface area (Å²) in [5.41, 5.74) is 0.133. The molecule has 5 unspecified atom stereocenters. The van der Waals surface area contributed by atoms with E-state index >= 15 is 0 Å². The highest BCUT2D eigenvalue weighted by molar-refractivity contribution is 7.64. The quantitative estimate of drug-likeness (QED) is 0.111. The highest BCUT2D eigenvalue weighted by atomic mass is 31.2. The molecule has 0 spiro atoms. The summed E-state index contributed by atoms with van der Waals surface area (Å²) in [5, 5.41) is 39.0. The second-order valence-corrected chi connectivity index (χ2v) is 17.9. The van der Waals surface area contributed by atoms with Crippen molar-refractivity contribution in [2.75, 3.05) is 12.3 Å². The standard InChI is InChI=1S/C33H53O11P/c1-19(4-8-27(35)36)23-6-7-24-30-25(11-14-33(23,24)3)32(2)13-10-22(16-21(32)17-26(30)34)44-29(39)12-15-45(42,43)18-20(31(40)41)5-9-28(37)38/h19-26,30,34,42-43H,4-18H2,1-3H3,(H2-,35,36,37,38,40,41)/p+1/t19-,20?,21+,22-,23?,24?,25?,26+,30?,32+,33-/m1/s1. The van der Waals surface area contributed by atoms with Gasteiger partial charge in [0.1, 0.15) is 18.4 Å². The van der Waals surface area contributed by atoms with Crippen LogP contribution >= 0.6 is 7.72 Å². The molecule has 4 aliphatic carbocycles. The van der Waals surface area contributed by atoms with Gasteiger partial charge in [-0.2, -0.15) is 0 Å². The van der Waals surface area contributed by atoms with Gasteiger partial charge in [0.15, 0.2) is 0 Å². The lowest BCUT2D eigenvalue weighted by molar-refractivity contribution is -0.182. The fourth-order valence-electron chi connectivity index (χ4n) is 10.4. The van der Waals surface area contributed by atoms with E-state index in [1.165, 1.54) is 0 Å². The zero-order valence-corrected chi connectivity index (χ0v) is 27.9. The van der Waals surface area contributed by atoms with Crippen LogP contribution in [0, 0.1) is 52.3 Å². The number of carboxylic acids is 3. The molecule has 0 radical (unpaired) electrons. The van der Waals surface area contributed by atoms with Gasteiger partial charge in [-0.15, -0.1) is 0 Å². The summed E-state index contributed by atoms with van der Waals surface area (Å²) in [4.78, 5) is 67.2. The zero-order chi connectivity index (χ0) is 33.3. The monoisotopic (exact) mass is 657 g/mol. The van der Waals surface area contributed by atoms with Crippen LogP contribution in [0.1, 0.15) is 104 Å². The van der Waals surface area contributed by atoms with E-state index in [2.05, 4.69) is 20.8 Å². The third kappa shape index (κ3) is 8.02. The van der Waals surface area contributed by atoms with Crippen molar-refractivity contribution in [2.24, 2.45) is 52.3 Å². The molecule has 11 nitrogen and oxygen atoms in total. The first-order valence-electron chi connectivity index (χ1n) is 16.8. The lowest BCUT2D eigenvalue weighted by atomic mass is 9.43. The Hall–Kier alpha value is -1.81. The van der Waals surface area contributed by atoms with E-state index in [-0.39, 0.29) is 54.2 Å². The maximum Gasteiger partial charge on any atom is 0.310 e. The van der Waals surface area contributed by atoms with Gasteiger partial charge in [-0.3, -0.25) is 19.2 Å². The van der Waals surface area contributed by atoms with Crippen LogP contribution in [0.5, 0.6) is 0 Å². The molecule has 4 saturated carbocycles. The van der Waals surface area contributed by atoms with Crippen molar-refractivity contribution in [2.45, 2.75) is 116 Å². The average molecular weight is 658 g/mol. The number of hydrogen-bond donors (Lipinski definition) is 6. The minimum absolute atomic E-state index is 0.0276. The van der Waals surface area contributed by atoms with Crippen LogP contribution in [-0.4, -0.2) is 78.6 Å². The molecule has 256 valence electrons. The summed E-state index contributed by atoms with van der Waals surface area (Å²) < 4.78 is 5.79. The summed E-state index contributed by atoms with van der Waals surface area (Å²) in [7, 11) is -3.75. The predicted octanol–water partition coefficient (Wildman–Crippen LogP) is 4.82. The van der Waals surface area contributed by atoms with Gasteiger partial charge in [-0.25, -0.2) is 9.79 Å². The van der Waals surface area contributed by atoms with Crippen molar-refractivity contribution >= 4 is 31.6 Å². The molecular formula is C33H54O11P+. The second kappa shape index (κ2) is 14.1. The third-order valence-electron chi connectivity index (χ3n) is 12.7. The number of aliphatic carboxylic acids is 3. The topological polar surface area (TPSA) is 199 Å². The Balaban J connectivity index is 1.32. The molecule has 0 aromatic rings. The molecule has 11 atom stereocenters. The first-order valence-corrected chi connectivity index (χ1v) is 18.9. The first-order chi connectivity index (χ1) is 21.0. The Labute approximate surface area is 266 Å². The number of carbonyl (C=O) groups excluding carboxylic acids is 1. The van der Waals surface area contributed by atoms with E-state index in [0.717, 1.165) is 32.1 Å². The molecule has 0 saturated heterocycles. The molecule has 0 aromatic heterocycles. The Morgan fingerprint density at radius 3 is 2.11 bits per heavy atom. The van der Waals surface area contributed by atoms with Crippen LogP contribution in [0.25, 0.3) is 0 Å². The number of ether oxygens (including phenoxy) is 1. The molecule has 4 rings (SSSR count). The van der Waals surface area contributed by atoms with Crippen molar-refractivity contribution in [3.8, 4) is 0 Å². The van der Waals surface area contributed by atoms with Gasteiger partial charge in [0, 0.05) is 12.8 Å². The number of aliphatic hydroxyl groups is 1. The maximum atomic E-state index is 12.8.